The molecule has 1 aromatic carbocycles. The van der Waals surface area contributed by atoms with E-state index >= 15 is 0 Å². The number of aryl methyl sites for hydroxylation is 1. The van der Waals surface area contributed by atoms with Gasteiger partial charge in [0.1, 0.15) is 0 Å². The molecule has 0 aliphatic heterocycles. The first-order valence-electron chi connectivity index (χ1n) is 6.92. The topological polar surface area (TPSA) is 50.9 Å². The largest absolute Gasteiger partial charge is 0.396 e. The molecule has 0 aliphatic carbocycles. The third kappa shape index (κ3) is 3.84. The van der Waals surface area contributed by atoms with E-state index in [1.165, 1.54) is 5.56 Å². The Bertz CT molecular complexity index is 537. The third-order valence-corrected chi connectivity index (χ3v) is 4.28. The molecule has 1 aromatic heterocycles. The van der Waals surface area contributed by atoms with Gasteiger partial charge < -0.3 is 9.67 Å². The van der Waals surface area contributed by atoms with Crippen molar-refractivity contribution in [1.29, 1.82) is 0 Å². The first-order valence-corrected chi connectivity index (χ1v) is 7.91. The SMILES string of the molecule is Cc1ccc(-c2nnc(SCCCCCO)n2C)cc1. The van der Waals surface area contributed by atoms with Gasteiger partial charge in [-0.2, -0.15) is 0 Å². The summed E-state index contributed by atoms with van der Waals surface area (Å²) in [6.07, 6.45) is 3.04. The summed E-state index contributed by atoms with van der Waals surface area (Å²) in [5.74, 6) is 1.92. The van der Waals surface area contributed by atoms with E-state index < -0.39 is 0 Å². The number of nitrogens with zero attached hydrogens (tertiary/aromatic N) is 3. The molecule has 20 heavy (non-hydrogen) atoms. The van der Waals surface area contributed by atoms with Gasteiger partial charge in [0.25, 0.3) is 0 Å². The summed E-state index contributed by atoms with van der Waals surface area (Å²) in [6, 6.07) is 8.33. The van der Waals surface area contributed by atoms with Gasteiger partial charge >= 0.3 is 0 Å². The van der Waals surface area contributed by atoms with Gasteiger partial charge in [-0.1, -0.05) is 48.0 Å². The maximum Gasteiger partial charge on any atom is 0.191 e. The standard InChI is InChI=1S/C15H21N3OS/c1-12-6-8-13(9-7-12)14-16-17-15(18(14)2)20-11-5-3-4-10-19/h6-9,19H,3-5,10-11H2,1-2H3. The molecule has 2 rings (SSSR count). The zero-order valence-corrected chi connectivity index (χ0v) is 12.9. The Kier molecular flexibility index (Phi) is 5.61. The smallest absolute Gasteiger partial charge is 0.191 e. The maximum atomic E-state index is 8.74. The normalized spacial score (nSPS) is 10.9. The van der Waals surface area contributed by atoms with Crippen molar-refractivity contribution in [3.8, 4) is 11.4 Å². The highest BCUT2D eigenvalue weighted by atomic mass is 32.2. The molecule has 0 saturated heterocycles. The highest BCUT2D eigenvalue weighted by molar-refractivity contribution is 7.99. The van der Waals surface area contributed by atoms with Gasteiger partial charge in [-0.3, -0.25) is 0 Å². The van der Waals surface area contributed by atoms with E-state index in [1.807, 2.05) is 11.6 Å². The van der Waals surface area contributed by atoms with Crippen LogP contribution >= 0.6 is 11.8 Å². The average Bonchev–Trinajstić information content (AvgIpc) is 2.81. The molecular weight excluding hydrogens is 270 g/mol. The molecule has 0 spiro atoms. The quantitative estimate of drug-likeness (QED) is 0.629. The predicted molar refractivity (Wildman–Crippen MR) is 82.8 cm³/mol. The Morgan fingerprint density at radius 2 is 1.85 bits per heavy atom. The number of benzene rings is 1. The molecule has 0 atom stereocenters. The molecule has 0 saturated carbocycles. The summed E-state index contributed by atoms with van der Waals surface area (Å²) in [7, 11) is 2.01. The fourth-order valence-electron chi connectivity index (χ4n) is 1.95. The summed E-state index contributed by atoms with van der Waals surface area (Å²) in [5.41, 5.74) is 2.34. The van der Waals surface area contributed by atoms with Crippen molar-refractivity contribution < 1.29 is 5.11 Å². The van der Waals surface area contributed by atoms with E-state index in [0.29, 0.717) is 0 Å². The number of hydrogen-bond acceptors (Lipinski definition) is 4. The molecule has 0 fully saturated rings. The molecule has 5 heteroatoms. The molecule has 1 heterocycles. The van der Waals surface area contributed by atoms with Gasteiger partial charge in [0.05, 0.1) is 0 Å². The second-order valence-electron chi connectivity index (χ2n) is 4.86. The minimum Gasteiger partial charge on any atom is -0.396 e. The van der Waals surface area contributed by atoms with E-state index in [1.54, 1.807) is 11.8 Å². The van der Waals surface area contributed by atoms with Crippen LogP contribution in [0.15, 0.2) is 29.4 Å². The van der Waals surface area contributed by atoms with Crippen molar-refractivity contribution in [2.24, 2.45) is 7.05 Å². The summed E-state index contributed by atoms with van der Waals surface area (Å²) in [5, 5.41) is 18.2. The third-order valence-electron chi connectivity index (χ3n) is 3.18. The molecule has 108 valence electrons. The number of unbranched alkanes of at least 4 members (excludes halogenated alkanes) is 2. The molecule has 0 amide bonds. The van der Waals surface area contributed by atoms with Crippen LogP contribution in [-0.4, -0.2) is 32.2 Å². The second-order valence-corrected chi connectivity index (χ2v) is 5.93. The molecular formula is C15H21N3OS. The van der Waals surface area contributed by atoms with Gasteiger partial charge in [0.2, 0.25) is 0 Å². The fourth-order valence-corrected chi connectivity index (χ4v) is 2.86. The van der Waals surface area contributed by atoms with Crippen molar-refractivity contribution in [2.45, 2.75) is 31.3 Å². The van der Waals surface area contributed by atoms with Gasteiger partial charge in [0, 0.05) is 25.0 Å². The summed E-state index contributed by atoms with van der Waals surface area (Å²) in [6.45, 7) is 2.36. The fraction of sp³-hybridized carbons (Fsp3) is 0.467. The Hall–Kier alpha value is -1.33. The first-order chi connectivity index (χ1) is 9.72. The maximum absolute atomic E-state index is 8.74. The number of thioether (sulfide) groups is 1. The highest BCUT2D eigenvalue weighted by Crippen LogP contribution is 2.23. The minimum atomic E-state index is 0.284. The first kappa shape index (κ1) is 15.1. The van der Waals surface area contributed by atoms with E-state index in [-0.39, 0.29) is 6.61 Å². The minimum absolute atomic E-state index is 0.284. The van der Waals surface area contributed by atoms with E-state index in [9.17, 15) is 0 Å². The highest BCUT2D eigenvalue weighted by Gasteiger charge is 2.10. The molecule has 0 bridgehead atoms. The number of aliphatic hydroxyl groups excluding tert-OH is 1. The van der Waals surface area contributed by atoms with Gasteiger partial charge in [-0.25, -0.2) is 0 Å². The lowest BCUT2D eigenvalue weighted by molar-refractivity contribution is 0.284. The molecule has 2 aromatic rings. The summed E-state index contributed by atoms with van der Waals surface area (Å²) < 4.78 is 2.04. The van der Waals surface area contributed by atoms with E-state index in [0.717, 1.165) is 41.6 Å². The van der Waals surface area contributed by atoms with Crippen molar-refractivity contribution in [1.82, 2.24) is 14.8 Å². The zero-order chi connectivity index (χ0) is 14.4. The lowest BCUT2D eigenvalue weighted by Crippen LogP contribution is -1.95. The Morgan fingerprint density at radius 3 is 2.55 bits per heavy atom. The molecule has 0 unspecified atom stereocenters. The number of aliphatic hydroxyl groups is 1. The van der Waals surface area contributed by atoms with Crippen molar-refractivity contribution in [3.63, 3.8) is 0 Å². The second kappa shape index (κ2) is 7.45. The van der Waals surface area contributed by atoms with Crippen LogP contribution < -0.4 is 0 Å². The predicted octanol–water partition coefficient (Wildman–Crippen LogP) is 3.05. The molecule has 0 radical (unpaired) electrons. The van der Waals surface area contributed by atoms with Crippen LogP contribution in [-0.2, 0) is 7.05 Å². The Balaban J connectivity index is 1.98. The van der Waals surface area contributed by atoms with Crippen LogP contribution in [0.2, 0.25) is 0 Å². The average molecular weight is 291 g/mol. The van der Waals surface area contributed by atoms with Crippen LogP contribution in [0.4, 0.5) is 0 Å². The van der Waals surface area contributed by atoms with Crippen LogP contribution in [0.3, 0.4) is 0 Å². The van der Waals surface area contributed by atoms with E-state index in [2.05, 4.69) is 41.4 Å². The Labute approximate surface area is 124 Å². The van der Waals surface area contributed by atoms with Gasteiger partial charge in [0.15, 0.2) is 11.0 Å². The van der Waals surface area contributed by atoms with E-state index in [4.69, 9.17) is 5.11 Å². The van der Waals surface area contributed by atoms with Crippen LogP contribution in [0.5, 0.6) is 0 Å². The summed E-state index contributed by atoms with van der Waals surface area (Å²) in [4.78, 5) is 0. The molecule has 4 nitrogen and oxygen atoms in total. The van der Waals surface area contributed by atoms with Crippen molar-refractivity contribution in [3.05, 3.63) is 29.8 Å². The van der Waals surface area contributed by atoms with Gasteiger partial charge in [-0.05, 0) is 19.8 Å². The van der Waals surface area contributed by atoms with Crippen LogP contribution in [0.1, 0.15) is 24.8 Å². The van der Waals surface area contributed by atoms with Crippen molar-refractivity contribution >= 4 is 11.8 Å². The molecule has 0 aliphatic rings. The lowest BCUT2D eigenvalue weighted by Gasteiger charge is -2.04. The molecule has 1 N–H and O–H groups in total. The van der Waals surface area contributed by atoms with Crippen molar-refractivity contribution in [2.75, 3.05) is 12.4 Å². The number of aromatic nitrogens is 3. The van der Waals surface area contributed by atoms with Crippen LogP contribution in [0.25, 0.3) is 11.4 Å². The number of rotatable bonds is 7. The summed E-state index contributed by atoms with van der Waals surface area (Å²) >= 11 is 1.72. The zero-order valence-electron chi connectivity index (χ0n) is 12.0. The van der Waals surface area contributed by atoms with Gasteiger partial charge in [-0.15, -0.1) is 10.2 Å². The lowest BCUT2D eigenvalue weighted by atomic mass is 10.1. The Morgan fingerprint density at radius 1 is 1.10 bits per heavy atom. The monoisotopic (exact) mass is 291 g/mol. The van der Waals surface area contributed by atoms with Crippen LogP contribution in [0, 0.1) is 6.92 Å². The number of hydrogen-bond donors (Lipinski definition) is 1.